The molecule has 1 N–H and O–H groups in total. The van der Waals surface area contributed by atoms with Crippen molar-refractivity contribution >= 4 is 5.69 Å². The van der Waals surface area contributed by atoms with Gasteiger partial charge in [-0.05, 0) is 24.6 Å². The fourth-order valence-corrected chi connectivity index (χ4v) is 1.72. The van der Waals surface area contributed by atoms with Crippen LogP contribution in [0.2, 0.25) is 0 Å². The third-order valence-electron chi connectivity index (χ3n) is 2.80. The Kier molecular flexibility index (Phi) is 6.20. The quantitative estimate of drug-likeness (QED) is 0.803. The van der Waals surface area contributed by atoms with Crippen molar-refractivity contribution in [1.82, 2.24) is 0 Å². The number of aliphatic hydroxyl groups is 1. The molecule has 4 nitrogen and oxygen atoms in total. The second-order valence-electron chi connectivity index (χ2n) is 4.16. The van der Waals surface area contributed by atoms with Crippen molar-refractivity contribution in [2.24, 2.45) is 0 Å². The van der Waals surface area contributed by atoms with Crippen LogP contribution in [0, 0.1) is 11.3 Å². The van der Waals surface area contributed by atoms with Crippen molar-refractivity contribution in [3.8, 4) is 6.07 Å². The Labute approximate surface area is 108 Å². The predicted octanol–water partition coefficient (Wildman–Crippen LogP) is 2.11. The van der Waals surface area contributed by atoms with Gasteiger partial charge in [-0.3, -0.25) is 0 Å². The first-order valence-corrected chi connectivity index (χ1v) is 6.08. The van der Waals surface area contributed by atoms with Gasteiger partial charge in [0.1, 0.15) is 0 Å². The fraction of sp³-hybridized carbons (Fsp3) is 0.500. The van der Waals surface area contributed by atoms with Crippen LogP contribution in [0.5, 0.6) is 0 Å². The number of aliphatic hydroxyl groups excluding tert-OH is 1. The molecule has 0 aliphatic rings. The van der Waals surface area contributed by atoms with Crippen molar-refractivity contribution in [2.75, 3.05) is 31.7 Å². The monoisotopic (exact) mass is 248 g/mol. The molecule has 0 aliphatic heterocycles. The van der Waals surface area contributed by atoms with Gasteiger partial charge >= 0.3 is 0 Å². The van der Waals surface area contributed by atoms with Crippen LogP contribution < -0.4 is 4.90 Å². The summed E-state index contributed by atoms with van der Waals surface area (Å²) in [5, 5.41) is 18.1. The van der Waals surface area contributed by atoms with Crippen LogP contribution >= 0.6 is 0 Å². The van der Waals surface area contributed by atoms with Gasteiger partial charge in [-0.1, -0.05) is 12.1 Å². The van der Waals surface area contributed by atoms with E-state index in [1.165, 1.54) is 0 Å². The molecule has 0 bridgehead atoms. The Morgan fingerprint density at radius 3 is 2.50 bits per heavy atom. The number of hydrogen-bond donors (Lipinski definition) is 1. The fourth-order valence-electron chi connectivity index (χ4n) is 1.72. The zero-order valence-electron chi connectivity index (χ0n) is 11.0. The lowest BCUT2D eigenvalue weighted by Crippen LogP contribution is -2.28. The molecule has 0 aliphatic carbocycles. The maximum atomic E-state index is 9.46. The molecule has 0 spiro atoms. The van der Waals surface area contributed by atoms with E-state index in [2.05, 4.69) is 11.0 Å². The highest BCUT2D eigenvalue weighted by atomic mass is 16.5. The van der Waals surface area contributed by atoms with Crippen LogP contribution in [-0.4, -0.2) is 31.9 Å². The molecule has 18 heavy (non-hydrogen) atoms. The molecule has 0 radical (unpaired) electrons. The summed E-state index contributed by atoms with van der Waals surface area (Å²) in [6.07, 6.45) is 0.0348. The van der Waals surface area contributed by atoms with Crippen molar-refractivity contribution in [1.29, 1.82) is 5.26 Å². The number of hydrogen-bond acceptors (Lipinski definition) is 4. The van der Waals surface area contributed by atoms with E-state index < -0.39 is 6.10 Å². The van der Waals surface area contributed by atoms with E-state index in [1.54, 1.807) is 14.0 Å². The summed E-state index contributed by atoms with van der Waals surface area (Å²) >= 11 is 0. The normalized spacial score (nSPS) is 11.9. The first kappa shape index (κ1) is 14.5. The highest BCUT2D eigenvalue weighted by Gasteiger charge is 2.07. The smallest absolute Gasteiger partial charge is 0.0761 e. The summed E-state index contributed by atoms with van der Waals surface area (Å²) < 4.78 is 5.07. The van der Waals surface area contributed by atoms with Gasteiger partial charge in [-0.15, -0.1) is 0 Å². The van der Waals surface area contributed by atoms with E-state index >= 15 is 0 Å². The number of rotatable bonds is 7. The lowest BCUT2D eigenvalue weighted by molar-refractivity contribution is 0.199. The van der Waals surface area contributed by atoms with E-state index in [4.69, 9.17) is 10.00 Å². The largest absolute Gasteiger partial charge is 0.389 e. The standard InChI is InChI=1S/C14H20N2O2/c1-12(17)13-4-6-14(7-5-13)16(9-3-8-15)10-11-18-2/h4-7,12,17H,3,9-11H2,1-2H3/t12-/m0/s1. The van der Waals surface area contributed by atoms with Crippen molar-refractivity contribution in [3.05, 3.63) is 29.8 Å². The van der Waals surface area contributed by atoms with Crippen LogP contribution in [-0.2, 0) is 4.74 Å². The van der Waals surface area contributed by atoms with Crippen LogP contribution in [0.1, 0.15) is 25.0 Å². The van der Waals surface area contributed by atoms with Crippen LogP contribution in [0.15, 0.2) is 24.3 Å². The van der Waals surface area contributed by atoms with Gasteiger partial charge in [-0.2, -0.15) is 5.26 Å². The third-order valence-corrected chi connectivity index (χ3v) is 2.80. The highest BCUT2D eigenvalue weighted by Crippen LogP contribution is 2.19. The van der Waals surface area contributed by atoms with Gasteiger partial charge in [0.15, 0.2) is 0 Å². The second kappa shape index (κ2) is 7.70. The van der Waals surface area contributed by atoms with E-state index in [0.717, 1.165) is 17.8 Å². The maximum absolute atomic E-state index is 9.46. The van der Waals surface area contributed by atoms with Crippen molar-refractivity contribution in [2.45, 2.75) is 19.4 Å². The Hall–Kier alpha value is -1.57. The molecule has 0 unspecified atom stereocenters. The van der Waals surface area contributed by atoms with E-state index in [1.807, 2.05) is 24.3 Å². The lowest BCUT2D eigenvalue weighted by atomic mass is 10.1. The first-order chi connectivity index (χ1) is 8.69. The Bertz CT molecular complexity index is 382. The zero-order valence-corrected chi connectivity index (χ0v) is 11.0. The van der Waals surface area contributed by atoms with E-state index in [-0.39, 0.29) is 0 Å². The average Bonchev–Trinajstić information content (AvgIpc) is 2.39. The van der Waals surface area contributed by atoms with Gasteiger partial charge in [0, 0.05) is 25.9 Å². The lowest BCUT2D eigenvalue weighted by Gasteiger charge is -2.23. The SMILES string of the molecule is COCCN(CCC#N)c1ccc([C@H](C)O)cc1. The van der Waals surface area contributed by atoms with Gasteiger partial charge in [-0.25, -0.2) is 0 Å². The molecule has 0 amide bonds. The molecule has 0 saturated heterocycles. The molecule has 0 fully saturated rings. The Morgan fingerprint density at radius 2 is 2.00 bits per heavy atom. The average molecular weight is 248 g/mol. The van der Waals surface area contributed by atoms with Crippen molar-refractivity contribution in [3.63, 3.8) is 0 Å². The first-order valence-electron chi connectivity index (χ1n) is 6.08. The summed E-state index contributed by atoms with van der Waals surface area (Å²) in [6, 6.07) is 9.90. The number of anilines is 1. The molecule has 0 aromatic heterocycles. The van der Waals surface area contributed by atoms with Gasteiger partial charge < -0.3 is 14.7 Å². The van der Waals surface area contributed by atoms with E-state index in [9.17, 15) is 5.11 Å². The molecule has 98 valence electrons. The number of ether oxygens (including phenoxy) is 1. The summed E-state index contributed by atoms with van der Waals surface area (Å²) in [5.41, 5.74) is 1.94. The number of nitrogens with zero attached hydrogens (tertiary/aromatic N) is 2. The van der Waals surface area contributed by atoms with E-state index in [0.29, 0.717) is 19.6 Å². The molecule has 1 atom stereocenters. The molecule has 4 heteroatoms. The maximum Gasteiger partial charge on any atom is 0.0761 e. The minimum Gasteiger partial charge on any atom is -0.389 e. The Morgan fingerprint density at radius 1 is 1.33 bits per heavy atom. The zero-order chi connectivity index (χ0) is 13.4. The van der Waals surface area contributed by atoms with Crippen LogP contribution in [0.25, 0.3) is 0 Å². The van der Waals surface area contributed by atoms with Gasteiger partial charge in [0.05, 0.1) is 25.2 Å². The molecule has 1 aromatic carbocycles. The summed E-state index contributed by atoms with van der Waals surface area (Å²) in [7, 11) is 1.67. The molecule has 0 heterocycles. The Balaban J connectivity index is 2.74. The summed E-state index contributed by atoms with van der Waals surface area (Å²) in [6.45, 7) is 3.82. The van der Waals surface area contributed by atoms with Gasteiger partial charge in [0.2, 0.25) is 0 Å². The molecular formula is C14H20N2O2. The topological polar surface area (TPSA) is 56.5 Å². The van der Waals surface area contributed by atoms with Crippen LogP contribution in [0.4, 0.5) is 5.69 Å². The minimum absolute atomic E-state index is 0.453. The molecular weight excluding hydrogens is 228 g/mol. The third kappa shape index (κ3) is 4.36. The summed E-state index contributed by atoms with van der Waals surface area (Å²) in [4.78, 5) is 2.11. The molecule has 1 rings (SSSR count). The number of benzene rings is 1. The summed E-state index contributed by atoms with van der Waals surface area (Å²) in [5.74, 6) is 0. The number of nitriles is 1. The van der Waals surface area contributed by atoms with Crippen LogP contribution in [0.3, 0.4) is 0 Å². The van der Waals surface area contributed by atoms with Crippen molar-refractivity contribution < 1.29 is 9.84 Å². The number of methoxy groups -OCH3 is 1. The van der Waals surface area contributed by atoms with Gasteiger partial charge in [0.25, 0.3) is 0 Å². The predicted molar refractivity (Wildman–Crippen MR) is 71.4 cm³/mol. The highest BCUT2D eigenvalue weighted by molar-refractivity contribution is 5.48. The minimum atomic E-state index is -0.453. The molecule has 0 saturated carbocycles. The molecule has 1 aromatic rings. The second-order valence-corrected chi connectivity index (χ2v) is 4.16.